The van der Waals surface area contributed by atoms with Gasteiger partial charge in [0.2, 0.25) is 0 Å². The van der Waals surface area contributed by atoms with Gasteiger partial charge in [0.25, 0.3) is 0 Å². The van der Waals surface area contributed by atoms with Crippen molar-refractivity contribution in [1.82, 2.24) is 0 Å². The molecule has 1 aromatic rings. The van der Waals surface area contributed by atoms with Gasteiger partial charge in [-0.3, -0.25) is 0 Å². The number of hydrogen-bond donors (Lipinski definition) is 2. The first-order chi connectivity index (χ1) is 6.22. The molecule has 0 saturated carbocycles. The molecular formula is C10H13NO2. The molecule has 3 nitrogen and oxygen atoms in total. The van der Waals surface area contributed by atoms with Crippen LogP contribution in [0, 0.1) is 0 Å². The number of ether oxygens (including phenoxy) is 1. The highest BCUT2D eigenvalue weighted by Gasteiger charge is 2.21. The molecule has 0 radical (unpaired) electrons. The Morgan fingerprint density at radius 3 is 3.00 bits per heavy atom. The lowest BCUT2D eigenvalue weighted by molar-refractivity contribution is 0.372. The lowest BCUT2D eigenvalue weighted by Crippen LogP contribution is -2.04. The van der Waals surface area contributed by atoms with Gasteiger partial charge < -0.3 is 15.6 Å². The number of fused-ring (bicyclic) bond motifs is 1. The fraction of sp³-hybridized carbons (Fsp3) is 0.400. The molecule has 0 heterocycles. The lowest BCUT2D eigenvalue weighted by atomic mass is 10.1. The summed E-state index contributed by atoms with van der Waals surface area (Å²) in [4.78, 5) is 0. The molecule has 0 spiro atoms. The van der Waals surface area contributed by atoms with Gasteiger partial charge in [-0.05, 0) is 36.1 Å². The minimum Gasteiger partial charge on any atom is -0.504 e. The standard InChI is InChI=1S/C10H13NO2/c1-13-10-4-6-2-3-8(11)7(6)5-9(10)12/h4-5,8,12H,2-3,11H2,1H3/t8-/m1/s1. The van der Waals surface area contributed by atoms with E-state index >= 15 is 0 Å². The second kappa shape index (κ2) is 2.92. The molecule has 1 aromatic carbocycles. The third-order valence-electron chi connectivity index (χ3n) is 2.56. The predicted molar refractivity (Wildman–Crippen MR) is 49.9 cm³/mol. The first-order valence-corrected chi connectivity index (χ1v) is 4.37. The number of rotatable bonds is 1. The van der Waals surface area contributed by atoms with Crippen LogP contribution < -0.4 is 10.5 Å². The van der Waals surface area contributed by atoms with Crippen LogP contribution in [0.4, 0.5) is 0 Å². The maximum atomic E-state index is 9.51. The fourth-order valence-electron chi connectivity index (χ4n) is 1.82. The van der Waals surface area contributed by atoms with Crippen molar-refractivity contribution in [2.24, 2.45) is 5.73 Å². The van der Waals surface area contributed by atoms with E-state index in [1.807, 2.05) is 6.07 Å². The van der Waals surface area contributed by atoms with Crippen molar-refractivity contribution in [3.8, 4) is 11.5 Å². The Morgan fingerprint density at radius 2 is 2.31 bits per heavy atom. The van der Waals surface area contributed by atoms with E-state index in [4.69, 9.17) is 10.5 Å². The van der Waals surface area contributed by atoms with E-state index in [9.17, 15) is 5.11 Å². The minimum absolute atomic E-state index is 0.0757. The van der Waals surface area contributed by atoms with E-state index in [2.05, 4.69) is 0 Å². The van der Waals surface area contributed by atoms with Crippen LogP contribution in [0.1, 0.15) is 23.6 Å². The van der Waals surface area contributed by atoms with Crippen LogP contribution in [0.15, 0.2) is 12.1 Å². The van der Waals surface area contributed by atoms with Crippen LogP contribution in [-0.2, 0) is 6.42 Å². The van der Waals surface area contributed by atoms with Crippen molar-refractivity contribution < 1.29 is 9.84 Å². The number of phenols is 1. The van der Waals surface area contributed by atoms with E-state index in [1.54, 1.807) is 13.2 Å². The third-order valence-corrected chi connectivity index (χ3v) is 2.56. The zero-order chi connectivity index (χ0) is 9.42. The maximum Gasteiger partial charge on any atom is 0.160 e. The van der Waals surface area contributed by atoms with Crippen molar-refractivity contribution in [3.63, 3.8) is 0 Å². The zero-order valence-corrected chi connectivity index (χ0v) is 7.58. The molecule has 3 heteroatoms. The first kappa shape index (κ1) is 8.38. The van der Waals surface area contributed by atoms with E-state index in [0.717, 1.165) is 18.4 Å². The van der Waals surface area contributed by atoms with E-state index in [0.29, 0.717) is 5.75 Å². The predicted octanol–water partition coefficient (Wildman–Crippen LogP) is 1.35. The SMILES string of the molecule is COc1cc2c(cc1O)[C@H](N)CC2. The molecule has 2 rings (SSSR count). The topological polar surface area (TPSA) is 55.5 Å². The summed E-state index contributed by atoms with van der Waals surface area (Å²) in [7, 11) is 1.55. The lowest BCUT2D eigenvalue weighted by Gasteiger charge is -2.08. The van der Waals surface area contributed by atoms with Gasteiger partial charge >= 0.3 is 0 Å². The molecule has 0 unspecified atom stereocenters. The van der Waals surface area contributed by atoms with E-state index in [1.165, 1.54) is 5.56 Å². The van der Waals surface area contributed by atoms with Crippen molar-refractivity contribution >= 4 is 0 Å². The molecule has 1 atom stereocenters. The summed E-state index contributed by atoms with van der Waals surface area (Å²) in [5.41, 5.74) is 8.11. The van der Waals surface area contributed by atoms with Crippen molar-refractivity contribution in [2.75, 3.05) is 7.11 Å². The number of nitrogens with two attached hydrogens (primary N) is 1. The highest BCUT2D eigenvalue weighted by atomic mass is 16.5. The summed E-state index contributed by atoms with van der Waals surface area (Å²) in [6.07, 6.45) is 1.94. The monoisotopic (exact) mass is 179 g/mol. The van der Waals surface area contributed by atoms with Gasteiger partial charge in [-0.15, -0.1) is 0 Å². The number of aryl methyl sites for hydroxylation is 1. The van der Waals surface area contributed by atoms with Gasteiger partial charge in [0.05, 0.1) is 7.11 Å². The molecular weight excluding hydrogens is 166 g/mol. The first-order valence-electron chi connectivity index (χ1n) is 4.37. The summed E-state index contributed by atoms with van der Waals surface area (Å²) in [6.45, 7) is 0. The quantitative estimate of drug-likeness (QED) is 0.684. The molecule has 3 N–H and O–H groups in total. The highest BCUT2D eigenvalue weighted by molar-refractivity contribution is 5.49. The van der Waals surface area contributed by atoms with Gasteiger partial charge in [-0.2, -0.15) is 0 Å². The molecule has 0 aliphatic heterocycles. The number of benzene rings is 1. The normalized spacial score (nSPS) is 20.0. The maximum absolute atomic E-state index is 9.51. The molecule has 0 fully saturated rings. The number of hydrogen-bond acceptors (Lipinski definition) is 3. The number of methoxy groups -OCH3 is 1. The summed E-state index contributed by atoms with van der Waals surface area (Å²) in [5, 5.41) is 9.51. The molecule has 0 aromatic heterocycles. The Kier molecular flexibility index (Phi) is 1.88. The summed E-state index contributed by atoms with van der Waals surface area (Å²) >= 11 is 0. The van der Waals surface area contributed by atoms with Crippen LogP contribution in [-0.4, -0.2) is 12.2 Å². The molecule has 13 heavy (non-hydrogen) atoms. The fourth-order valence-corrected chi connectivity index (χ4v) is 1.82. The molecule has 1 aliphatic rings. The second-order valence-electron chi connectivity index (χ2n) is 3.37. The van der Waals surface area contributed by atoms with Crippen LogP contribution in [0.2, 0.25) is 0 Å². The minimum atomic E-state index is 0.0757. The van der Waals surface area contributed by atoms with Crippen LogP contribution in [0.3, 0.4) is 0 Å². The van der Waals surface area contributed by atoms with Gasteiger partial charge in [0.1, 0.15) is 0 Å². The van der Waals surface area contributed by atoms with Crippen LogP contribution in [0.25, 0.3) is 0 Å². The summed E-state index contributed by atoms with van der Waals surface area (Å²) in [5.74, 6) is 0.714. The molecule has 0 amide bonds. The van der Waals surface area contributed by atoms with Crippen molar-refractivity contribution in [2.45, 2.75) is 18.9 Å². The van der Waals surface area contributed by atoms with E-state index < -0.39 is 0 Å². The average molecular weight is 179 g/mol. The van der Waals surface area contributed by atoms with Gasteiger partial charge in [0.15, 0.2) is 11.5 Å². The summed E-state index contributed by atoms with van der Waals surface area (Å²) < 4.78 is 5.01. The Labute approximate surface area is 77.1 Å². The summed E-state index contributed by atoms with van der Waals surface area (Å²) in [6, 6.07) is 3.66. The van der Waals surface area contributed by atoms with E-state index in [-0.39, 0.29) is 11.8 Å². The Hall–Kier alpha value is -1.22. The Bertz CT molecular complexity index is 336. The Balaban J connectivity index is 2.50. The zero-order valence-electron chi connectivity index (χ0n) is 7.58. The molecule has 0 bridgehead atoms. The average Bonchev–Trinajstić information content (AvgIpc) is 2.47. The molecule has 70 valence electrons. The van der Waals surface area contributed by atoms with Crippen LogP contribution in [0.5, 0.6) is 11.5 Å². The van der Waals surface area contributed by atoms with Crippen molar-refractivity contribution in [3.05, 3.63) is 23.3 Å². The van der Waals surface area contributed by atoms with Gasteiger partial charge in [-0.1, -0.05) is 0 Å². The van der Waals surface area contributed by atoms with Gasteiger partial charge in [0, 0.05) is 6.04 Å². The third kappa shape index (κ3) is 1.25. The van der Waals surface area contributed by atoms with Gasteiger partial charge in [-0.25, -0.2) is 0 Å². The molecule has 1 aliphatic carbocycles. The Morgan fingerprint density at radius 1 is 1.54 bits per heavy atom. The van der Waals surface area contributed by atoms with Crippen molar-refractivity contribution in [1.29, 1.82) is 0 Å². The number of aromatic hydroxyl groups is 1. The number of phenolic OH excluding ortho intramolecular Hbond substituents is 1. The smallest absolute Gasteiger partial charge is 0.160 e. The second-order valence-corrected chi connectivity index (χ2v) is 3.37. The van der Waals surface area contributed by atoms with Crippen LogP contribution >= 0.6 is 0 Å². The highest BCUT2D eigenvalue weighted by Crippen LogP contribution is 2.37. The molecule has 0 saturated heterocycles. The largest absolute Gasteiger partial charge is 0.504 e.